The normalized spacial score (nSPS) is 16.9. The molecule has 0 atom stereocenters. The molecule has 17 heavy (non-hydrogen) atoms. The van der Waals surface area contributed by atoms with Crippen LogP contribution in [0.3, 0.4) is 0 Å². The van der Waals surface area contributed by atoms with Crippen LogP contribution in [0, 0.1) is 0 Å². The Labute approximate surface area is 99.9 Å². The highest BCUT2D eigenvalue weighted by atomic mass is 16.5. The predicted octanol–water partition coefficient (Wildman–Crippen LogP) is 0.256. The summed E-state index contributed by atoms with van der Waals surface area (Å²) in [4.78, 5) is 13.9. The number of methoxy groups -OCH3 is 1. The van der Waals surface area contributed by atoms with Crippen molar-refractivity contribution in [2.45, 2.75) is 13.0 Å². The highest BCUT2D eigenvalue weighted by Crippen LogP contribution is 2.09. The molecule has 0 saturated carbocycles. The van der Waals surface area contributed by atoms with Crippen LogP contribution in [0.15, 0.2) is 10.6 Å². The van der Waals surface area contributed by atoms with Crippen molar-refractivity contribution in [3.8, 4) is 0 Å². The molecule has 0 spiro atoms. The van der Waals surface area contributed by atoms with Gasteiger partial charge in [0.15, 0.2) is 11.5 Å². The van der Waals surface area contributed by atoms with Gasteiger partial charge in [0.2, 0.25) is 0 Å². The molecule has 1 fully saturated rings. The number of carbonyl (C=O) groups is 1. The zero-order valence-corrected chi connectivity index (χ0v) is 9.94. The van der Waals surface area contributed by atoms with Crippen molar-refractivity contribution in [3.63, 3.8) is 0 Å². The monoisotopic (exact) mass is 239 g/mol. The molecular formula is C11H17N3O3. The number of hydrogen-bond acceptors (Lipinski definition) is 5. The van der Waals surface area contributed by atoms with E-state index in [1.54, 1.807) is 18.1 Å². The highest BCUT2D eigenvalue weighted by molar-refractivity contribution is 5.92. The molecule has 6 nitrogen and oxygen atoms in total. The fourth-order valence-electron chi connectivity index (χ4n) is 1.83. The topological polar surface area (TPSA) is 67.6 Å². The first-order valence-corrected chi connectivity index (χ1v) is 5.76. The lowest BCUT2D eigenvalue weighted by molar-refractivity contribution is 0.0755. The van der Waals surface area contributed by atoms with E-state index < -0.39 is 0 Å². The van der Waals surface area contributed by atoms with Crippen molar-refractivity contribution >= 4 is 5.91 Å². The number of rotatable bonds is 3. The van der Waals surface area contributed by atoms with Crippen LogP contribution in [0.1, 0.15) is 22.7 Å². The van der Waals surface area contributed by atoms with Gasteiger partial charge in [0.25, 0.3) is 5.91 Å². The van der Waals surface area contributed by atoms with E-state index in [4.69, 9.17) is 9.26 Å². The Morgan fingerprint density at radius 3 is 3.29 bits per heavy atom. The van der Waals surface area contributed by atoms with E-state index in [0.717, 1.165) is 26.1 Å². The smallest absolute Gasteiger partial charge is 0.276 e. The SMILES string of the molecule is COCc1cc(C(=O)N2CCCNCC2)no1. The zero-order valence-electron chi connectivity index (χ0n) is 9.94. The summed E-state index contributed by atoms with van der Waals surface area (Å²) in [6.07, 6.45) is 0.967. The van der Waals surface area contributed by atoms with Crippen LogP contribution in [-0.4, -0.2) is 49.3 Å². The Balaban J connectivity index is 2.01. The summed E-state index contributed by atoms with van der Waals surface area (Å²) in [6, 6.07) is 1.64. The highest BCUT2D eigenvalue weighted by Gasteiger charge is 2.20. The van der Waals surface area contributed by atoms with Gasteiger partial charge in [-0.25, -0.2) is 0 Å². The van der Waals surface area contributed by atoms with Crippen LogP contribution in [0.2, 0.25) is 0 Å². The molecule has 1 aromatic heterocycles. The van der Waals surface area contributed by atoms with Crippen molar-refractivity contribution in [1.82, 2.24) is 15.4 Å². The molecule has 1 aliphatic heterocycles. The van der Waals surface area contributed by atoms with Gasteiger partial charge in [0.05, 0.1) is 0 Å². The number of nitrogens with one attached hydrogen (secondary N) is 1. The van der Waals surface area contributed by atoms with Crippen LogP contribution in [-0.2, 0) is 11.3 Å². The van der Waals surface area contributed by atoms with Crippen molar-refractivity contribution in [1.29, 1.82) is 0 Å². The minimum absolute atomic E-state index is 0.0696. The maximum atomic E-state index is 12.1. The van der Waals surface area contributed by atoms with Crippen molar-refractivity contribution in [3.05, 3.63) is 17.5 Å². The molecule has 94 valence electrons. The van der Waals surface area contributed by atoms with Gasteiger partial charge in [0.1, 0.15) is 6.61 Å². The zero-order chi connectivity index (χ0) is 12.1. The molecule has 0 bridgehead atoms. The second-order valence-corrected chi connectivity index (χ2v) is 4.01. The Morgan fingerprint density at radius 1 is 1.59 bits per heavy atom. The molecule has 0 radical (unpaired) electrons. The summed E-state index contributed by atoms with van der Waals surface area (Å²) in [6.45, 7) is 3.59. The number of carbonyl (C=O) groups excluding carboxylic acids is 1. The standard InChI is InChI=1S/C11H17N3O3/c1-16-8-9-7-10(13-17-9)11(15)14-5-2-3-12-4-6-14/h7,12H,2-6,8H2,1H3. The molecule has 2 heterocycles. The number of ether oxygens (including phenoxy) is 1. The van der Waals surface area contributed by atoms with Gasteiger partial charge in [-0.2, -0.15) is 0 Å². The summed E-state index contributed by atoms with van der Waals surface area (Å²) in [5.74, 6) is 0.503. The lowest BCUT2D eigenvalue weighted by Gasteiger charge is -2.17. The Morgan fingerprint density at radius 2 is 2.47 bits per heavy atom. The van der Waals surface area contributed by atoms with E-state index >= 15 is 0 Å². The summed E-state index contributed by atoms with van der Waals surface area (Å²) in [7, 11) is 1.57. The lowest BCUT2D eigenvalue weighted by atomic mass is 10.3. The first kappa shape index (κ1) is 12.1. The van der Waals surface area contributed by atoms with E-state index in [2.05, 4.69) is 10.5 Å². The third-order valence-corrected chi connectivity index (χ3v) is 2.69. The average molecular weight is 239 g/mol. The number of amides is 1. The number of aromatic nitrogens is 1. The first-order valence-electron chi connectivity index (χ1n) is 5.76. The Hall–Kier alpha value is -1.40. The summed E-state index contributed by atoms with van der Waals surface area (Å²) in [5, 5.41) is 7.03. The average Bonchev–Trinajstić information content (AvgIpc) is 2.64. The quantitative estimate of drug-likeness (QED) is 0.819. The van der Waals surface area contributed by atoms with Crippen LogP contribution in [0.4, 0.5) is 0 Å². The van der Waals surface area contributed by atoms with E-state index in [9.17, 15) is 4.79 Å². The number of hydrogen-bond donors (Lipinski definition) is 1. The van der Waals surface area contributed by atoms with Crippen LogP contribution in [0.5, 0.6) is 0 Å². The van der Waals surface area contributed by atoms with Crippen molar-refractivity contribution < 1.29 is 14.1 Å². The van der Waals surface area contributed by atoms with Crippen molar-refractivity contribution in [2.75, 3.05) is 33.3 Å². The maximum absolute atomic E-state index is 12.1. The lowest BCUT2D eigenvalue weighted by Crippen LogP contribution is -2.34. The third kappa shape index (κ3) is 3.04. The minimum Gasteiger partial charge on any atom is -0.377 e. The molecule has 1 aliphatic rings. The first-order chi connectivity index (χ1) is 8.31. The van der Waals surface area contributed by atoms with Gasteiger partial charge in [-0.15, -0.1) is 0 Å². The summed E-state index contributed by atoms with van der Waals surface area (Å²) >= 11 is 0. The predicted molar refractivity (Wildman–Crippen MR) is 60.6 cm³/mol. The molecular weight excluding hydrogens is 222 g/mol. The molecule has 0 unspecified atom stereocenters. The molecule has 1 saturated heterocycles. The molecule has 0 aliphatic carbocycles. The van der Waals surface area contributed by atoms with Gasteiger partial charge in [-0.1, -0.05) is 5.16 Å². The molecule has 1 amide bonds. The fourth-order valence-corrected chi connectivity index (χ4v) is 1.83. The van der Waals surface area contributed by atoms with Crippen LogP contribution < -0.4 is 5.32 Å². The van der Waals surface area contributed by atoms with E-state index in [1.807, 2.05) is 0 Å². The molecule has 0 aromatic carbocycles. The van der Waals surface area contributed by atoms with Crippen LogP contribution >= 0.6 is 0 Å². The maximum Gasteiger partial charge on any atom is 0.276 e. The van der Waals surface area contributed by atoms with Gasteiger partial charge >= 0.3 is 0 Å². The van der Waals surface area contributed by atoms with Gasteiger partial charge < -0.3 is 19.5 Å². The second-order valence-electron chi connectivity index (χ2n) is 4.01. The van der Waals surface area contributed by atoms with E-state index in [0.29, 0.717) is 24.6 Å². The molecule has 6 heteroatoms. The van der Waals surface area contributed by atoms with E-state index in [1.165, 1.54) is 0 Å². The third-order valence-electron chi connectivity index (χ3n) is 2.69. The van der Waals surface area contributed by atoms with Gasteiger partial charge in [-0.05, 0) is 13.0 Å². The summed E-state index contributed by atoms with van der Waals surface area (Å²) < 4.78 is 9.93. The number of nitrogens with zero attached hydrogens (tertiary/aromatic N) is 2. The fraction of sp³-hybridized carbons (Fsp3) is 0.636. The van der Waals surface area contributed by atoms with Gasteiger partial charge in [-0.3, -0.25) is 4.79 Å². The summed E-state index contributed by atoms with van der Waals surface area (Å²) in [5.41, 5.74) is 0.360. The molecule has 1 N–H and O–H groups in total. The second kappa shape index (κ2) is 5.79. The Kier molecular flexibility index (Phi) is 4.11. The van der Waals surface area contributed by atoms with Crippen molar-refractivity contribution in [2.24, 2.45) is 0 Å². The van der Waals surface area contributed by atoms with Crippen LogP contribution in [0.25, 0.3) is 0 Å². The minimum atomic E-state index is -0.0696. The molecule has 1 aromatic rings. The molecule has 2 rings (SSSR count). The Bertz CT molecular complexity index is 370. The van der Waals surface area contributed by atoms with Gasteiger partial charge in [0, 0.05) is 32.8 Å². The van der Waals surface area contributed by atoms with E-state index in [-0.39, 0.29) is 5.91 Å². The largest absolute Gasteiger partial charge is 0.377 e.